The van der Waals surface area contributed by atoms with Gasteiger partial charge in [0.05, 0.1) is 17.6 Å². The van der Waals surface area contributed by atoms with Gasteiger partial charge in [-0.3, -0.25) is 4.79 Å². The van der Waals surface area contributed by atoms with Crippen molar-refractivity contribution < 1.29 is 14.6 Å². The number of carbonyl (C=O) groups is 1. The molecular formula is C8H11NO3. The van der Waals surface area contributed by atoms with E-state index in [9.17, 15) is 4.79 Å². The summed E-state index contributed by atoms with van der Waals surface area (Å²) in [6, 6.07) is 0. The maximum atomic E-state index is 10.9. The van der Waals surface area contributed by atoms with Gasteiger partial charge in [0.2, 0.25) is 0 Å². The first kappa shape index (κ1) is 6.86. The Morgan fingerprint density at radius 3 is 2.58 bits per heavy atom. The highest BCUT2D eigenvalue weighted by Gasteiger charge is 2.75. The zero-order valence-electron chi connectivity index (χ0n) is 6.67. The van der Waals surface area contributed by atoms with Crippen molar-refractivity contribution in [3.05, 3.63) is 0 Å². The lowest BCUT2D eigenvalue weighted by atomic mass is 9.89. The molecule has 2 unspecified atom stereocenters. The van der Waals surface area contributed by atoms with E-state index in [0.29, 0.717) is 6.61 Å². The summed E-state index contributed by atoms with van der Waals surface area (Å²) < 4.78 is 5.56. The molecule has 4 nitrogen and oxygen atoms in total. The highest BCUT2D eigenvalue weighted by atomic mass is 16.5. The average molecular weight is 169 g/mol. The average Bonchev–Trinajstić information content (AvgIpc) is 2.58. The zero-order valence-corrected chi connectivity index (χ0v) is 6.67. The van der Waals surface area contributed by atoms with E-state index in [1.807, 2.05) is 0 Å². The zero-order chi connectivity index (χ0) is 8.40. The summed E-state index contributed by atoms with van der Waals surface area (Å²) in [4.78, 5) is 10.9. The van der Waals surface area contributed by atoms with Gasteiger partial charge in [-0.05, 0) is 6.42 Å². The van der Waals surface area contributed by atoms with Crippen LogP contribution in [0.3, 0.4) is 0 Å². The van der Waals surface area contributed by atoms with Crippen LogP contribution < -0.4 is 5.32 Å². The van der Waals surface area contributed by atoms with E-state index in [0.717, 1.165) is 19.5 Å². The third-order valence-corrected chi connectivity index (χ3v) is 3.60. The predicted octanol–water partition coefficient (Wildman–Crippen LogP) is -0.551. The summed E-state index contributed by atoms with van der Waals surface area (Å²) in [7, 11) is 0. The minimum absolute atomic E-state index is 0.0988. The molecule has 0 bridgehead atoms. The van der Waals surface area contributed by atoms with Crippen LogP contribution in [0.25, 0.3) is 0 Å². The van der Waals surface area contributed by atoms with Crippen LogP contribution in [0.5, 0.6) is 0 Å². The Bertz CT molecular complexity index is 261. The van der Waals surface area contributed by atoms with Crippen molar-refractivity contribution in [2.45, 2.75) is 12.0 Å². The molecular weight excluding hydrogens is 158 g/mol. The van der Waals surface area contributed by atoms with Gasteiger partial charge in [-0.1, -0.05) is 0 Å². The van der Waals surface area contributed by atoms with Crippen molar-refractivity contribution in [2.75, 3.05) is 19.7 Å². The van der Waals surface area contributed by atoms with Gasteiger partial charge in [0.1, 0.15) is 0 Å². The normalized spacial score (nSPS) is 46.8. The summed E-state index contributed by atoms with van der Waals surface area (Å²) in [6.45, 7) is 2.11. The maximum Gasteiger partial charge on any atom is 0.312 e. The Kier molecular flexibility index (Phi) is 0.957. The molecule has 2 atom stereocenters. The van der Waals surface area contributed by atoms with Crippen LogP contribution in [0.1, 0.15) is 6.42 Å². The van der Waals surface area contributed by atoms with E-state index in [2.05, 4.69) is 5.32 Å². The maximum absolute atomic E-state index is 10.9. The second-order valence-corrected chi connectivity index (χ2v) is 4.18. The second kappa shape index (κ2) is 1.67. The van der Waals surface area contributed by atoms with Gasteiger partial charge >= 0.3 is 5.97 Å². The SMILES string of the molecule is O=C(O)C12COC3(CNC3)C1C2. The first-order valence-corrected chi connectivity index (χ1v) is 4.28. The van der Waals surface area contributed by atoms with Crippen LogP contribution in [0, 0.1) is 11.3 Å². The molecule has 3 rings (SSSR count). The minimum atomic E-state index is -0.670. The monoisotopic (exact) mass is 169 g/mol. The smallest absolute Gasteiger partial charge is 0.312 e. The molecule has 1 saturated carbocycles. The highest BCUT2D eigenvalue weighted by Crippen LogP contribution is 2.65. The quantitative estimate of drug-likeness (QED) is 0.553. The minimum Gasteiger partial charge on any atom is -0.481 e. The Morgan fingerprint density at radius 1 is 1.58 bits per heavy atom. The number of fused-ring (bicyclic) bond motifs is 2. The van der Waals surface area contributed by atoms with E-state index < -0.39 is 11.4 Å². The second-order valence-electron chi connectivity index (χ2n) is 4.18. The predicted molar refractivity (Wildman–Crippen MR) is 39.7 cm³/mol. The Hall–Kier alpha value is -0.610. The molecule has 4 heteroatoms. The lowest BCUT2D eigenvalue weighted by Gasteiger charge is -2.39. The van der Waals surface area contributed by atoms with Crippen LogP contribution >= 0.6 is 0 Å². The summed E-state index contributed by atoms with van der Waals surface area (Å²) in [5.74, 6) is -0.389. The van der Waals surface area contributed by atoms with E-state index in [1.54, 1.807) is 0 Å². The van der Waals surface area contributed by atoms with Crippen molar-refractivity contribution >= 4 is 5.97 Å². The molecule has 2 aliphatic heterocycles. The molecule has 3 aliphatic rings. The fourth-order valence-corrected chi connectivity index (χ4v) is 2.55. The molecule has 66 valence electrons. The molecule has 0 aromatic carbocycles. The van der Waals surface area contributed by atoms with E-state index in [1.165, 1.54) is 0 Å². The molecule has 2 N–H and O–H groups in total. The number of hydrogen-bond acceptors (Lipinski definition) is 3. The molecule has 0 aromatic rings. The molecule has 2 saturated heterocycles. The first-order valence-electron chi connectivity index (χ1n) is 4.28. The van der Waals surface area contributed by atoms with Gasteiger partial charge in [0.25, 0.3) is 0 Å². The molecule has 3 fully saturated rings. The van der Waals surface area contributed by atoms with Gasteiger partial charge in [0.15, 0.2) is 0 Å². The van der Waals surface area contributed by atoms with Gasteiger partial charge in [-0.25, -0.2) is 0 Å². The summed E-state index contributed by atoms with van der Waals surface area (Å²) in [5, 5.41) is 12.1. The summed E-state index contributed by atoms with van der Waals surface area (Å²) in [5.41, 5.74) is -0.597. The van der Waals surface area contributed by atoms with Crippen molar-refractivity contribution in [1.29, 1.82) is 0 Å². The number of nitrogens with one attached hydrogen (secondary N) is 1. The topological polar surface area (TPSA) is 58.6 Å². The van der Waals surface area contributed by atoms with Gasteiger partial charge in [-0.15, -0.1) is 0 Å². The van der Waals surface area contributed by atoms with E-state index in [4.69, 9.17) is 9.84 Å². The number of rotatable bonds is 1. The van der Waals surface area contributed by atoms with Gasteiger partial charge in [0, 0.05) is 19.0 Å². The van der Waals surface area contributed by atoms with E-state index in [-0.39, 0.29) is 11.5 Å². The number of aliphatic carboxylic acids is 1. The third-order valence-electron chi connectivity index (χ3n) is 3.60. The van der Waals surface area contributed by atoms with Gasteiger partial charge in [-0.2, -0.15) is 0 Å². The molecule has 0 amide bonds. The number of carboxylic acid groups (broad SMARTS) is 1. The summed E-state index contributed by atoms with van der Waals surface area (Å²) >= 11 is 0. The van der Waals surface area contributed by atoms with Gasteiger partial charge < -0.3 is 15.2 Å². The molecule has 2 heterocycles. The van der Waals surface area contributed by atoms with Crippen LogP contribution in [-0.4, -0.2) is 36.4 Å². The van der Waals surface area contributed by atoms with Crippen LogP contribution in [0.2, 0.25) is 0 Å². The Balaban J connectivity index is 1.88. The number of carboxylic acids is 1. The van der Waals surface area contributed by atoms with Crippen molar-refractivity contribution in [2.24, 2.45) is 11.3 Å². The largest absolute Gasteiger partial charge is 0.481 e. The standard InChI is InChI=1S/C8H11NO3/c10-6(11)7-1-5(7)8(12-4-7)2-9-3-8/h5,9H,1-4H2,(H,10,11). The fourth-order valence-electron chi connectivity index (χ4n) is 2.55. The third kappa shape index (κ3) is 0.528. The lowest BCUT2D eigenvalue weighted by Crippen LogP contribution is -2.61. The van der Waals surface area contributed by atoms with Crippen molar-refractivity contribution in [3.63, 3.8) is 0 Å². The fraction of sp³-hybridized carbons (Fsp3) is 0.875. The Morgan fingerprint density at radius 2 is 2.33 bits per heavy atom. The summed E-state index contributed by atoms with van der Waals surface area (Å²) in [6.07, 6.45) is 0.823. The first-order chi connectivity index (χ1) is 5.70. The van der Waals surface area contributed by atoms with Crippen molar-refractivity contribution in [3.8, 4) is 0 Å². The number of hydrogen-bond donors (Lipinski definition) is 2. The van der Waals surface area contributed by atoms with Crippen LogP contribution in [-0.2, 0) is 9.53 Å². The van der Waals surface area contributed by atoms with Crippen molar-refractivity contribution in [1.82, 2.24) is 5.32 Å². The van der Waals surface area contributed by atoms with Crippen LogP contribution in [0.4, 0.5) is 0 Å². The molecule has 0 aromatic heterocycles. The number of ether oxygens (including phenoxy) is 1. The Labute approximate surface area is 69.9 Å². The molecule has 1 aliphatic carbocycles. The molecule has 0 radical (unpaired) electrons. The molecule has 12 heavy (non-hydrogen) atoms. The molecule has 1 spiro atoms. The lowest BCUT2D eigenvalue weighted by molar-refractivity contribution is -0.144. The highest BCUT2D eigenvalue weighted by molar-refractivity contribution is 5.80. The van der Waals surface area contributed by atoms with E-state index >= 15 is 0 Å². The van der Waals surface area contributed by atoms with Crippen LogP contribution in [0.15, 0.2) is 0 Å².